The van der Waals surface area contributed by atoms with Crippen molar-refractivity contribution in [2.45, 2.75) is 33.7 Å². The Morgan fingerprint density at radius 1 is 1.44 bits per heavy atom. The lowest BCUT2D eigenvalue weighted by molar-refractivity contribution is 0.584. The van der Waals surface area contributed by atoms with Gasteiger partial charge in [0.1, 0.15) is 0 Å². The van der Waals surface area contributed by atoms with E-state index in [9.17, 15) is 0 Å². The molecule has 0 radical (unpaired) electrons. The van der Waals surface area contributed by atoms with E-state index in [2.05, 4.69) is 55.3 Å². The summed E-state index contributed by atoms with van der Waals surface area (Å²) in [5.41, 5.74) is 1.15. The molecule has 1 aromatic rings. The summed E-state index contributed by atoms with van der Waals surface area (Å²) in [7, 11) is 2.11. The third-order valence-corrected chi connectivity index (χ3v) is 3.40. The first-order valence-corrected chi connectivity index (χ1v) is 6.82. The second-order valence-electron chi connectivity index (χ2n) is 4.61. The molecule has 1 rings (SSSR count). The van der Waals surface area contributed by atoms with E-state index < -0.39 is 0 Å². The minimum atomic E-state index is 0.349. The van der Waals surface area contributed by atoms with E-state index in [1.807, 2.05) is 0 Å². The number of aromatic nitrogens is 1. The monoisotopic (exact) mass is 241 g/mol. The molecule has 0 aliphatic carbocycles. The normalized spacial score (nSPS) is 13.1. The first-order valence-electron chi connectivity index (χ1n) is 5.94. The summed E-state index contributed by atoms with van der Waals surface area (Å²) in [6.07, 6.45) is 0. The van der Waals surface area contributed by atoms with Crippen LogP contribution in [0.2, 0.25) is 0 Å². The van der Waals surface area contributed by atoms with Crippen LogP contribution in [0.15, 0.2) is 5.38 Å². The van der Waals surface area contributed by atoms with E-state index in [0.29, 0.717) is 12.0 Å². The zero-order valence-electron chi connectivity index (χ0n) is 10.9. The Morgan fingerprint density at radius 2 is 2.12 bits per heavy atom. The molecule has 1 aromatic heterocycles. The molecule has 0 bridgehead atoms. The lowest BCUT2D eigenvalue weighted by atomic mass is 10.2. The molecule has 0 aromatic carbocycles. The highest BCUT2D eigenvalue weighted by atomic mass is 32.1. The molecular formula is C12H23N3S. The third-order valence-electron chi connectivity index (χ3n) is 2.43. The van der Waals surface area contributed by atoms with Gasteiger partial charge in [0.05, 0.1) is 5.69 Å². The molecule has 3 nitrogen and oxygen atoms in total. The molecule has 0 fully saturated rings. The number of rotatable bonds is 6. The van der Waals surface area contributed by atoms with Crippen molar-refractivity contribution in [1.29, 1.82) is 0 Å². The van der Waals surface area contributed by atoms with Crippen LogP contribution in [0.25, 0.3) is 0 Å². The fourth-order valence-corrected chi connectivity index (χ4v) is 2.58. The largest absolute Gasteiger partial charge is 0.351 e. The number of nitrogens with zero attached hydrogens (tertiary/aromatic N) is 2. The molecular weight excluding hydrogens is 218 g/mol. The SMILES string of the molecule is CCNC(C)c1csc(N(C)CC(C)C)n1. The van der Waals surface area contributed by atoms with Crippen molar-refractivity contribution >= 4 is 16.5 Å². The zero-order valence-corrected chi connectivity index (χ0v) is 11.8. The Kier molecular flexibility index (Phi) is 5.22. The summed E-state index contributed by atoms with van der Waals surface area (Å²) in [6.45, 7) is 10.8. The maximum Gasteiger partial charge on any atom is 0.185 e. The minimum Gasteiger partial charge on any atom is -0.351 e. The van der Waals surface area contributed by atoms with Crippen molar-refractivity contribution in [1.82, 2.24) is 10.3 Å². The molecule has 4 heteroatoms. The fourth-order valence-electron chi connectivity index (χ4n) is 1.69. The number of hydrogen-bond donors (Lipinski definition) is 1. The van der Waals surface area contributed by atoms with Crippen molar-refractivity contribution < 1.29 is 0 Å². The summed E-state index contributed by atoms with van der Waals surface area (Å²) in [4.78, 5) is 6.90. The predicted octanol–water partition coefficient (Wildman–Crippen LogP) is 2.91. The third kappa shape index (κ3) is 3.76. The Labute approximate surface area is 103 Å². The summed E-state index contributed by atoms with van der Waals surface area (Å²) < 4.78 is 0. The van der Waals surface area contributed by atoms with Gasteiger partial charge in [-0.25, -0.2) is 4.98 Å². The smallest absolute Gasteiger partial charge is 0.185 e. The zero-order chi connectivity index (χ0) is 12.1. The van der Waals surface area contributed by atoms with Gasteiger partial charge in [-0.15, -0.1) is 11.3 Å². The number of nitrogens with one attached hydrogen (secondary N) is 1. The second-order valence-corrected chi connectivity index (χ2v) is 5.45. The van der Waals surface area contributed by atoms with Crippen molar-refractivity contribution in [2.24, 2.45) is 5.92 Å². The Bertz CT molecular complexity index is 309. The van der Waals surface area contributed by atoms with Gasteiger partial charge in [-0.2, -0.15) is 0 Å². The van der Waals surface area contributed by atoms with E-state index in [-0.39, 0.29) is 0 Å². The van der Waals surface area contributed by atoms with E-state index in [4.69, 9.17) is 0 Å². The predicted molar refractivity (Wildman–Crippen MR) is 72.3 cm³/mol. The summed E-state index contributed by atoms with van der Waals surface area (Å²) in [5, 5.41) is 6.65. The van der Waals surface area contributed by atoms with Gasteiger partial charge >= 0.3 is 0 Å². The first-order chi connectivity index (χ1) is 7.54. The van der Waals surface area contributed by atoms with Crippen LogP contribution >= 0.6 is 11.3 Å². The van der Waals surface area contributed by atoms with Crippen LogP contribution in [0.3, 0.4) is 0 Å². The number of anilines is 1. The molecule has 1 N–H and O–H groups in total. The topological polar surface area (TPSA) is 28.2 Å². The van der Waals surface area contributed by atoms with Gasteiger partial charge in [0.15, 0.2) is 5.13 Å². The van der Waals surface area contributed by atoms with Gasteiger partial charge in [-0.05, 0) is 19.4 Å². The molecule has 1 unspecified atom stereocenters. The maximum absolute atomic E-state index is 4.66. The van der Waals surface area contributed by atoms with Crippen molar-refractivity contribution in [2.75, 3.05) is 25.0 Å². The van der Waals surface area contributed by atoms with Crippen LogP contribution in [0, 0.1) is 5.92 Å². The van der Waals surface area contributed by atoms with Gasteiger partial charge in [-0.3, -0.25) is 0 Å². The van der Waals surface area contributed by atoms with Gasteiger partial charge < -0.3 is 10.2 Å². The maximum atomic E-state index is 4.66. The molecule has 0 aliphatic heterocycles. The highest BCUT2D eigenvalue weighted by Gasteiger charge is 2.12. The van der Waals surface area contributed by atoms with E-state index >= 15 is 0 Å². The second kappa shape index (κ2) is 6.21. The first kappa shape index (κ1) is 13.5. The Hall–Kier alpha value is -0.610. The Balaban J connectivity index is 2.63. The summed E-state index contributed by atoms with van der Waals surface area (Å²) in [5.74, 6) is 0.670. The van der Waals surface area contributed by atoms with Gasteiger partial charge in [0.2, 0.25) is 0 Å². The minimum absolute atomic E-state index is 0.349. The average molecular weight is 241 g/mol. The fraction of sp³-hybridized carbons (Fsp3) is 0.750. The Morgan fingerprint density at radius 3 is 2.69 bits per heavy atom. The summed E-state index contributed by atoms with van der Waals surface area (Å²) >= 11 is 1.73. The lowest BCUT2D eigenvalue weighted by Crippen LogP contribution is -2.23. The molecule has 92 valence electrons. The van der Waals surface area contributed by atoms with Crippen molar-refractivity contribution in [3.63, 3.8) is 0 Å². The molecule has 1 heterocycles. The highest BCUT2D eigenvalue weighted by Crippen LogP contribution is 2.23. The van der Waals surface area contributed by atoms with Crippen molar-refractivity contribution in [3.8, 4) is 0 Å². The van der Waals surface area contributed by atoms with E-state index in [1.165, 1.54) is 0 Å². The van der Waals surface area contributed by atoms with E-state index in [1.54, 1.807) is 11.3 Å². The van der Waals surface area contributed by atoms with Crippen LogP contribution in [0.1, 0.15) is 39.4 Å². The van der Waals surface area contributed by atoms with Gasteiger partial charge in [0.25, 0.3) is 0 Å². The van der Waals surface area contributed by atoms with Crippen LogP contribution < -0.4 is 10.2 Å². The molecule has 16 heavy (non-hydrogen) atoms. The molecule has 0 aliphatic rings. The molecule has 1 atom stereocenters. The number of hydrogen-bond acceptors (Lipinski definition) is 4. The van der Waals surface area contributed by atoms with E-state index in [0.717, 1.165) is 23.9 Å². The van der Waals surface area contributed by atoms with Crippen LogP contribution in [-0.2, 0) is 0 Å². The lowest BCUT2D eigenvalue weighted by Gasteiger charge is -2.18. The van der Waals surface area contributed by atoms with Gasteiger partial charge in [-0.1, -0.05) is 20.8 Å². The van der Waals surface area contributed by atoms with Crippen LogP contribution in [-0.4, -0.2) is 25.1 Å². The van der Waals surface area contributed by atoms with Gasteiger partial charge in [0, 0.05) is 25.0 Å². The quantitative estimate of drug-likeness (QED) is 0.830. The number of thiazole rings is 1. The summed E-state index contributed by atoms with van der Waals surface area (Å²) in [6, 6.07) is 0.349. The van der Waals surface area contributed by atoms with Crippen LogP contribution in [0.4, 0.5) is 5.13 Å². The highest BCUT2D eigenvalue weighted by molar-refractivity contribution is 7.13. The molecule has 0 saturated carbocycles. The van der Waals surface area contributed by atoms with Crippen molar-refractivity contribution in [3.05, 3.63) is 11.1 Å². The molecule has 0 saturated heterocycles. The standard InChI is InChI=1S/C12H23N3S/c1-6-13-10(4)11-8-16-12(14-11)15(5)7-9(2)3/h8-10,13H,6-7H2,1-5H3. The van der Waals surface area contributed by atoms with Crippen LogP contribution in [0.5, 0.6) is 0 Å². The average Bonchev–Trinajstić information content (AvgIpc) is 2.65. The molecule has 0 amide bonds. The molecule has 0 spiro atoms.